The monoisotopic (exact) mass is 487 g/mol. The maximum absolute atomic E-state index is 13.6. The standard InChI is InChI=1S/C25H18ClN5O4/c26-18-6-2-1-4-15(18)13-35-25(34)29-12-16-10-20(29)22-23(32)31(24(33)30(16)22)19-8-7-14(11-27)21-17(19)5-3-9-28-21/h1-9,16,20,22H,10,12-13H2/t16-,20?,22+/m1/s1. The van der Waals surface area contributed by atoms with Gasteiger partial charge in [-0.15, -0.1) is 0 Å². The smallest absolute Gasteiger partial charge is 0.410 e. The first-order valence-electron chi connectivity index (χ1n) is 11.1. The summed E-state index contributed by atoms with van der Waals surface area (Å²) in [5.74, 6) is -0.402. The fourth-order valence-corrected chi connectivity index (χ4v) is 5.56. The number of hydrogen-bond acceptors (Lipinski definition) is 6. The maximum atomic E-state index is 13.6. The summed E-state index contributed by atoms with van der Waals surface area (Å²) in [6, 6.07) is 13.8. The van der Waals surface area contributed by atoms with Crippen molar-refractivity contribution in [2.75, 3.05) is 11.4 Å². The normalized spacial score (nSPS) is 22.6. The van der Waals surface area contributed by atoms with Crippen molar-refractivity contribution in [2.24, 2.45) is 0 Å². The molecule has 4 amide bonds. The zero-order valence-corrected chi connectivity index (χ0v) is 19.1. The van der Waals surface area contributed by atoms with Crippen LogP contribution in [0.1, 0.15) is 17.5 Å². The number of amides is 4. The van der Waals surface area contributed by atoms with Crippen molar-refractivity contribution in [1.82, 2.24) is 14.8 Å². The van der Waals surface area contributed by atoms with Crippen LogP contribution in [0.25, 0.3) is 10.9 Å². The molecular weight excluding hydrogens is 470 g/mol. The average molecular weight is 488 g/mol. The molecule has 0 N–H and O–H groups in total. The Morgan fingerprint density at radius 3 is 2.80 bits per heavy atom. The van der Waals surface area contributed by atoms with Crippen molar-refractivity contribution in [2.45, 2.75) is 31.2 Å². The number of halogens is 1. The van der Waals surface area contributed by atoms with Crippen molar-refractivity contribution in [3.8, 4) is 6.07 Å². The number of carbonyl (C=O) groups excluding carboxylic acids is 3. The number of carbonyl (C=O) groups is 3. The van der Waals surface area contributed by atoms with Crippen LogP contribution in [0.3, 0.4) is 0 Å². The Morgan fingerprint density at radius 1 is 1.17 bits per heavy atom. The lowest BCUT2D eigenvalue weighted by molar-refractivity contribution is -0.121. The molecule has 2 aromatic carbocycles. The number of pyridine rings is 1. The average Bonchev–Trinajstić information content (AvgIpc) is 3.54. The van der Waals surface area contributed by atoms with Crippen LogP contribution in [0.2, 0.25) is 5.02 Å². The predicted molar refractivity (Wildman–Crippen MR) is 126 cm³/mol. The van der Waals surface area contributed by atoms with Gasteiger partial charge in [-0.25, -0.2) is 14.5 Å². The van der Waals surface area contributed by atoms with Crippen LogP contribution in [-0.4, -0.2) is 57.5 Å². The summed E-state index contributed by atoms with van der Waals surface area (Å²) < 4.78 is 5.49. The molecule has 3 aliphatic rings. The molecule has 35 heavy (non-hydrogen) atoms. The Morgan fingerprint density at radius 2 is 2.00 bits per heavy atom. The molecule has 0 saturated carbocycles. The SMILES string of the molecule is N#Cc1ccc(N2C(=O)[C@@H]3C4C[C@H](CN4C(=O)OCc4ccccc4Cl)N3C2=O)c2cccnc12. The first-order chi connectivity index (χ1) is 17.0. The molecule has 174 valence electrons. The fourth-order valence-electron chi connectivity index (χ4n) is 5.37. The number of piperazine rings is 1. The highest BCUT2D eigenvalue weighted by Crippen LogP contribution is 2.43. The van der Waals surface area contributed by atoms with Gasteiger partial charge in [0, 0.05) is 28.7 Å². The lowest BCUT2D eigenvalue weighted by atomic mass is 10.1. The van der Waals surface area contributed by atoms with Gasteiger partial charge in [0.15, 0.2) is 0 Å². The molecule has 3 saturated heterocycles. The maximum Gasteiger partial charge on any atom is 0.410 e. The third-order valence-corrected chi connectivity index (χ3v) is 7.28. The van der Waals surface area contributed by atoms with Crippen molar-refractivity contribution in [1.29, 1.82) is 5.26 Å². The Balaban J connectivity index is 1.27. The number of urea groups is 1. The molecule has 9 nitrogen and oxygen atoms in total. The molecule has 6 rings (SSSR count). The van der Waals surface area contributed by atoms with Crippen LogP contribution < -0.4 is 4.90 Å². The summed E-state index contributed by atoms with van der Waals surface area (Å²) in [6.45, 7) is 0.315. The van der Waals surface area contributed by atoms with E-state index in [9.17, 15) is 19.6 Å². The first kappa shape index (κ1) is 21.4. The molecule has 1 unspecified atom stereocenters. The summed E-state index contributed by atoms with van der Waals surface area (Å²) in [5, 5.41) is 10.5. The van der Waals surface area contributed by atoms with Crippen LogP contribution in [0.5, 0.6) is 0 Å². The highest BCUT2D eigenvalue weighted by Gasteiger charge is 2.63. The van der Waals surface area contributed by atoms with E-state index in [2.05, 4.69) is 11.1 Å². The highest BCUT2D eigenvalue weighted by atomic mass is 35.5. The summed E-state index contributed by atoms with van der Waals surface area (Å²) in [6.07, 6.45) is 1.54. The lowest BCUT2D eigenvalue weighted by Gasteiger charge is -2.34. The van der Waals surface area contributed by atoms with E-state index in [-0.39, 0.29) is 12.6 Å². The second kappa shape index (κ2) is 7.96. The quantitative estimate of drug-likeness (QED) is 0.521. The number of ether oxygens (including phenoxy) is 1. The van der Waals surface area contributed by atoms with Gasteiger partial charge in [0.05, 0.1) is 28.9 Å². The molecule has 0 radical (unpaired) electrons. The van der Waals surface area contributed by atoms with Gasteiger partial charge in [0.1, 0.15) is 18.7 Å². The Labute approximate surface area is 205 Å². The van der Waals surface area contributed by atoms with Crippen molar-refractivity contribution < 1.29 is 19.1 Å². The van der Waals surface area contributed by atoms with E-state index in [4.69, 9.17) is 16.3 Å². The molecule has 4 heterocycles. The van der Waals surface area contributed by atoms with Crippen molar-refractivity contribution >= 4 is 46.2 Å². The van der Waals surface area contributed by atoms with E-state index in [1.165, 1.54) is 4.90 Å². The summed E-state index contributed by atoms with van der Waals surface area (Å²) >= 11 is 6.15. The van der Waals surface area contributed by atoms with Gasteiger partial charge < -0.3 is 14.5 Å². The second-order valence-corrected chi connectivity index (χ2v) is 9.11. The number of likely N-dealkylation sites (tertiary alicyclic amines) is 1. The molecule has 0 spiro atoms. The molecule has 10 heteroatoms. The van der Waals surface area contributed by atoms with Crippen LogP contribution in [0.4, 0.5) is 15.3 Å². The fraction of sp³-hybridized carbons (Fsp3) is 0.240. The zero-order valence-electron chi connectivity index (χ0n) is 18.3. The van der Waals surface area contributed by atoms with E-state index in [1.807, 2.05) is 6.07 Å². The molecule has 3 fully saturated rings. The number of nitriles is 1. The molecular formula is C25H18ClN5O4. The zero-order chi connectivity index (χ0) is 24.3. The van der Waals surface area contributed by atoms with Gasteiger partial charge in [-0.3, -0.25) is 9.78 Å². The number of anilines is 1. The van der Waals surface area contributed by atoms with Gasteiger partial charge in [0.25, 0.3) is 5.91 Å². The lowest BCUT2D eigenvalue weighted by Crippen LogP contribution is -2.54. The first-order valence-corrected chi connectivity index (χ1v) is 11.5. The highest BCUT2D eigenvalue weighted by molar-refractivity contribution is 6.31. The van der Waals surface area contributed by atoms with E-state index in [0.717, 1.165) is 4.90 Å². The summed E-state index contributed by atoms with van der Waals surface area (Å²) in [7, 11) is 0. The number of aromatic nitrogens is 1. The van der Waals surface area contributed by atoms with Crippen LogP contribution >= 0.6 is 11.6 Å². The second-order valence-electron chi connectivity index (χ2n) is 8.71. The van der Waals surface area contributed by atoms with Gasteiger partial charge in [-0.05, 0) is 36.8 Å². The van der Waals surface area contributed by atoms with Crippen LogP contribution in [0, 0.1) is 11.3 Å². The molecule has 1 aromatic heterocycles. The molecule has 3 aliphatic heterocycles. The number of imide groups is 1. The van der Waals surface area contributed by atoms with Gasteiger partial charge in [-0.2, -0.15) is 5.26 Å². The largest absolute Gasteiger partial charge is 0.444 e. The van der Waals surface area contributed by atoms with E-state index >= 15 is 0 Å². The Hall–Kier alpha value is -4.16. The van der Waals surface area contributed by atoms with E-state index in [1.54, 1.807) is 53.6 Å². The van der Waals surface area contributed by atoms with Gasteiger partial charge in [0.2, 0.25) is 0 Å². The van der Waals surface area contributed by atoms with Crippen LogP contribution in [0.15, 0.2) is 54.7 Å². The third-order valence-electron chi connectivity index (χ3n) is 6.92. The third kappa shape index (κ3) is 3.14. The number of fused-ring (bicyclic) bond motifs is 6. The van der Waals surface area contributed by atoms with Crippen molar-refractivity contribution in [3.63, 3.8) is 0 Å². The minimum atomic E-state index is -0.781. The Bertz CT molecular complexity index is 1450. The van der Waals surface area contributed by atoms with Crippen molar-refractivity contribution in [3.05, 3.63) is 70.9 Å². The number of rotatable bonds is 3. The Kier molecular flexibility index (Phi) is 4.86. The molecule has 3 atom stereocenters. The summed E-state index contributed by atoms with van der Waals surface area (Å²) in [5.41, 5.74) is 1.85. The topological polar surface area (TPSA) is 107 Å². The van der Waals surface area contributed by atoms with E-state index in [0.29, 0.717) is 45.7 Å². The minimum Gasteiger partial charge on any atom is -0.444 e. The molecule has 2 bridgehead atoms. The van der Waals surface area contributed by atoms with Gasteiger partial charge in [-0.1, -0.05) is 29.8 Å². The number of hydrogen-bond donors (Lipinski definition) is 0. The minimum absolute atomic E-state index is 0.0179. The van der Waals surface area contributed by atoms with E-state index < -0.39 is 30.1 Å². The van der Waals surface area contributed by atoms with Crippen LogP contribution in [-0.2, 0) is 16.1 Å². The molecule has 0 aliphatic carbocycles. The predicted octanol–water partition coefficient (Wildman–Crippen LogP) is 3.69. The number of nitrogens with zero attached hydrogens (tertiary/aromatic N) is 5. The summed E-state index contributed by atoms with van der Waals surface area (Å²) in [4.78, 5) is 48.4. The molecule has 3 aromatic rings. The van der Waals surface area contributed by atoms with Gasteiger partial charge >= 0.3 is 12.1 Å². The number of benzene rings is 2.